The molecule has 3 unspecified atom stereocenters. The normalized spacial score (nSPS) is 44.8. The predicted molar refractivity (Wildman–Crippen MR) is 46.2 cm³/mol. The molecule has 1 fully saturated rings. The number of rotatable bonds is 2. The molecule has 0 spiro atoms. The molecule has 3 nitrogen and oxygen atoms in total. The zero-order chi connectivity index (χ0) is 9.41. The molecule has 1 saturated heterocycles. The van der Waals surface area contributed by atoms with E-state index in [-0.39, 0.29) is 0 Å². The van der Waals surface area contributed by atoms with Crippen molar-refractivity contribution in [1.29, 1.82) is 0 Å². The van der Waals surface area contributed by atoms with E-state index in [1.165, 1.54) is 0 Å². The van der Waals surface area contributed by atoms with Gasteiger partial charge in [-0.1, -0.05) is 0 Å². The molecule has 0 amide bonds. The van der Waals surface area contributed by atoms with Gasteiger partial charge in [-0.05, 0) is 20.8 Å². The molecule has 3 atom stereocenters. The minimum atomic E-state index is -0.899. The van der Waals surface area contributed by atoms with Gasteiger partial charge in [-0.25, -0.2) is 0 Å². The van der Waals surface area contributed by atoms with Gasteiger partial charge in [0.05, 0.1) is 12.5 Å². The van der Waals surface area contributed by atoms with Crippen molar-refractivity contribution in [2.45, 2.75) is 38.3 Å². The van der Waals surface area contributed by atoms with E-state index >= 15 is 0 Å². The van der Waals surface area contributed by atoms with E-state index in [4.69, 9.17) is 21.1 Å². The lowest BCUT2D eigenvalue weighted by Crippen LogP contribution is -2.41. The minimum Gasteiger partial charge on any atom is -0.388 e. The number of alkyl halides is 1. The maximum Gasteiger partial charge on any atom is 0.192 e. The summed E-state index contributed by atoms with van der Waals surface area (Å²) in [5, 5.41) is 9.35. The Labute approximate surface area is 77.6 Å². The molecular formula is C8H15ClO3. The zero-order valence-electron chi connectivity index (χ0n) is 7.63. The van der Waals surface area contributed by atoms with Crippen LogP contribution in [0.4, 0.5) is 0 Å². The average Bonchev–Trinajstić information content (AvgIpc) is 2.30. The molecule has 1 N–H and O–H groups in total. The van der Waals surface area contributed by atoms with Crippen LogP contribution >= 0.6 is 11.6 Å². The molecule has 1 heterocycles. The van der Waals surface area contributed by atoms with Gasteiger partial charge in [0.15, 0.2) is 5.79 Å². The third-order valence-corrected chi connectivity index (χ3v) is 2.72. The fourth-order valence-electron chi connectivity index (χ4n) is 1.12. The molecule has 0 aromatic carbocycles. The van der Waals surface area contributed by atoms with Crippen LogP contribution in [0.25, 0.3) is 0 Å². The van der Waals surface area contributed by atoms with Crippen LogP contribution in [0.2, 0.25) is 0 Å². The van der Waals surface area contributed by atoms with Gasteiger partial charge in [0, 0.05) is 0 Å². The van der Waals surface area contributed by atoms with E-state index in [1.54, 1.807) is 13.8 Å². The predicted octanol–water partition coefficient (Wildman–Crippen LogP) is 1.13. The van der Waals surface area contributed by atoms with Crippen LogP contribution in [-0.2, 0) is 9.47 Å². The number of ether oxygens (including phenoxy) is 2. The quantitative estimate of drug-likeness (QED) is 0.670. The molecule has 72 valence electrons. The van der Waals surface area contributed by atoms with Gasteiger partial charge < -0.3 is 14.6 Å². The second-order valence-corrected chi connectivity index (χ2v) is 3.93. The highest BCUT2D eigenvalue weighted by molar-refractivity contribution is 6.18. The van der Waals surface area contributed by atoms with Crippen molar-refractivity contribution in [2.24, 2.45) is 0 Å². The van der Waals surface area contributed by atoms with Crippen molar-refractivity contribution in [1.82, 2.24) is 0 Å². The monoisotopic (exact) mass is 194 g/mol. The number of hydrogen-bond acceptors (Lipinski definition) is 3. The lowest BCUT2D eigenvalue weighted by atomic mass is 10.1. The van der Waals surface area contributed by atoms with Gasteiger partial charge in [-0.2, -0.15) is 0 Å². The molecule has 0 radical (unpaired) electrons. The van der Waals surface area contributed by atoms with Crippen LogP contribution in [-0.4, -0.2) is 35.1 Å². The Morgan fingerprint density at radius 2 is 2.17 bits per heavy atom. The van der Waals surface area contributed by atoms with Gasteiger partial charge in [0.25, 0.3) is 0 Å². The molecule has 0 aliphatic carbocycles. The molecular weight excluding hydrogens is 180 g/mol. The van der Waals surface area contributed by atoms with Crippen molar-refractivity contribution in [3.05, 3.63) is 0 Å². The van der Waals surface area contributed by atoms with Gasteiger partial charge in [0.2, 0.25) is 0 Å². The molecule has 1 rings (SSSR count). The second kappa shape index (κ2) is 3.14. The van der Waals surface area contributed by atoms with Crippen molar-refractivity contribution < 1.29 is 14.6 Å². The Balaban J connectivity index is 2.66. The molecule has 0 bridgehead atoms. The van der Waals surface area contributed by atoms with E-state index in [0.29, 0.717) is 12.5 Å². The minimum absolute atomic E-state index is 0.370. The zero-order valence-corrected chi connectivity index (χ0v) is 8.39. The van der Waals surface area contributed by atoms with Crippen LogP contribution in [0.15, 0.2) is 0 Å². The first-order chi connectivity index (χ1) is 5.42. The molecule has 0 aromatic rings. The summed E-state index contributed by atoms with van der Waals surface area (Å²) in [6.45, 7) is 5.65. The highest BCUT2D eigenvalue weighted by Gasteiger charge is 2.47. The summed E-state index contributed by atoms with van der Waals surface area (Å²) in [7, 11) is 0. The summed E-state index contributed by atoms with van der Waals surface area (Å²) in [6.07, 6.45) is -0.650. The fraction of sp³-hybridized carbons (Fsp3) is 1.00. The van der Waals surface area contributed by atoms with E-state index in [2.05, 4.69) is 0 Å². The van der Waals surface area contributed by atoms with Crippen LogP contribution in [0.3, 0.4) is 0 Å². The summed E-state index contributed by atoms with van der Waals surface area (Å²) in [5.41, 5.74) is -0.465. The van der Waals surface area contributed by atoms with E-state index in [1.807, 2.05) is 6.92 Å². The number of halogens is 1. The molecule has 1 aliphatic heterocycles. The van der Waals surface area contributed by atoms with Crippen LogP contribution < -0.4 is 0 Å². The summed E-state index contributed by atoms with van der Waals surface area (Å²) in [5.74, 6) is -0.529. The Morgan fingerprint density at radius 1 is 1.58 bits per heavy atom. The number of hydrogen-bond donors (Lipinski definition) is 1. The Kier molecular flexibility index (Phi) is 2.69. The topological polar surface area (TPSA) is 38.7 Å². The summed E-state index contributed by atoms with van der Waals surface area (Å²) >= 11 is 5.69. The maximum atomic E-state index is 9.35. The van der Waals surface area contributed by atoms with E-state index < -0.39 is 17.5 Å². The third-order valence-electron chi connectivity index (χ3n) is 2.15. The molecule has 0 aromatic heterocycles. The summed E-state index contributed by atoms with van der Waals surface area (Å²) in [4.78, 5) is 0. The first-order valence-electron chi connectivity index (χ1n) is 4.00. The van der Waals surface area contributed by atoms with Gasteiger partial charge in [-0.3, -0.25) is 0 Å². The highest BCUT2D eigenvalue weighted by Crippen LogP contribution is 2.33. The first kappa shape index (κ1) is 10.3. The lowest BCUT2D eigenvalue weighted by molar-refractivity contribution is -0.220. The fourth-order valence-corrected chi connectivity index (χ4v) is 1.25. The highest BCUT2D eigenvalue weighted by atomic mass is 35.5. The van der Waals surface area contributed by atoms with Gasteiger partial charge >= 0.3 is 0 Å². The number of aliphatic hydroxyl groups is 1. The van der Waals surface area contributed by atoms with Crippen LogP contribution in [0.5, 0.6) is 0 Å². The first-order valence-corrected chi connectivity index (χ1v) is 4.53. The molecule has 12 heavy (non-hydrogen) atoms. The lowest BCUT2D eigenvalue weighted by Gasteiger charge is -2.28. The Bertz CT molecular complexity index is 174. The van der Waals surface area contributed by atoms with Crippen molar-refractivity contribution in [3.63, 3.8) is 0 Å². The summed E-state index contributed by atoms with van der Waals surface area (Å²) < 4.78 is 10.9. The number of aliphatic hydroxyl groups excluding tert-OH is 1. The van der Waals surface area contributed by atoms with Crippen molar-refractivity contribution >= 4 is 11.6 Å². The molecule has 1 aliphatic rings. The Morgan fingerprint density at radius 3 is 2.42 bits per heavy atom. The largest absolute Gasteiger partial charge is 0.388 e. The molecule has 4 heteroatoms. The van der Waals surface area contributed by atoms with Gasteiger partial charge in [-0.15, -0.1) is 11.6 Å². The van der Waals surface area contributed by atoms with Crippen molar-refractivity contribution in [3.8, 4) is 0 Å². The average molecular weight is 195 g/mol. The van der Waals surface area contributed by atoms with Gasteiger partial charge in [0.1, 0.15) is 11.7 Å². The van der Waals surface area contributed by atoms with Crippen LogP contribution in [0, 0.1) is 0 Å². The smallest absolute Gasteiger partial charge is 0.192 e. The van der Waals surface area contributed by atoms with Crippen molar-refractivity contribution in [2.75, 3.05) is 12.5 Å². The van der Waals surface area contributed by atoms with E-state index in [9.17, 15) is 5.11 Å². The third kappa shape index (κ3) is 1.74. The van der Waals surface area contributed by atoms with Crippen LogP contribution in [0.1, 0.15) is 20.8 Å². The van der Waals surface area contributed by atoms with E-state index in [0.717, 1.165) is 0 Å². The second-order valence-electron chi connectivity index (χ2n) is 3.67. The Hall–Kier alpha value is 0.170. The molecule has 0 saturated carbocycles. The SMILES string of the molecule is CC(O)C1(C)OCC(C)(CCl)O1. The maximum absolute atomic E-state index is 9.35. The summed E-state index contributed by atoms with van der Waals surface area (Å²) in [6, 6.07) is 0. The standard InChI is InChI=1S/C8H15ClO3/c1-6(10)8(3)11-5-7(2,4-9)12-8/h6,10H,4-5H2,1-3H3.